The van der Waals surface area contributed by atoms with E-state index in [9.17, 15) is 0 Å². The van der Waals surface area contributed by atoms with Crippen LogP contribution in [0.25, 0.3) is 11.4 Å². The van der Waals surface area contributed by atoms with Gasteiger partial charge in [0, 0.05) is 18.2 Å². The molecule has 2 heterocycles. The average Bonchev–Trinajstić information content (AvgIpc) is 3.33. The molecule has 0 bridgehead atoms. The van der Waals surface area contributed by atoms with Gasteiger partial charge in [0.1, 0.15) is 11.8 Å². The number of hydrogen-bond donors (Lipinski definition) is 1. The molecule has 6 heteroatoms. The molecule has 0 saturated carbocycles. The van der Waals surface area contributed by atoms with E-state index in [4.69, 9.17) is 9.05 Å². The first-order valence-corrected chi connectivity index (χ1v) is 8.39. The number of nitrogens with zero attached hydrogens (tertiary/aromatic N) is 3. The highest BCUT2D eigenvalue weighted by molar-refractivity contribution is 5.53. The van der Waals surface area contributed by atoms with Gasteiger partial charge in [0.05, 0.1) is 5.69 Å². The van der Waals surface area contributed by atoms with Crippen molar-refractivity contribution in [2.24, 2.45) is 0 Å². The van der Waals surface area contributed by atoms with E-state index in [1.54, 1.807) is 0 Å². The van der Waals surface area contributed by atoms with Crippen molar-refractivity contribution < 1.29 is 9.05 Å². The van der Waals surface area contributed by atoms with Crippen LogP contribution in [0.4, 0.5) is 0 Å². The molecule has 6 nitrogen and oxygen atoms in total. The van der Waals surface area contributed by atoms with E-state index >= 15 is 0 Å². The van der Waals surface area contributed by atoms with Gasteiger partial charge in [0.2, 0.25) is 11.7 Å². The highest BCUT2D eigenvalue weighted by atomic mass is 16.5. The molecule has 0 aliphatic rings. The predicted octanol–water partition coefficient (Wildman–Crippen LogP) is 3.91. The number of hydrogen-bond acceptors (Lipinski definition) is 6. The van der Waals surface area contributed by atoms with Crippen molar-refractivity contribution in [1.29, 1.82) is 0 Å². The van der Waals surface area contributed by atoms with Gasteiger partial charge >= 0.3 is 0 Å². The minimum Gasteiger partial charge on any atom is -0.361 e. The van der Waals surface area contributed by atoms with Gasteiger partial charge in [-0.15, -0.1) is 0 Å². The number of nitrogens with one attached hydrogen (secondary N) is 1. The van der Waals surface area contributed by atoms with Crippen molar-refractivity contribution in [2.45, 2.75) is 19.5 Å². The fraction of sp³-hybridized carbons (Fsp3) is 0.150. The maximum atomic E-state index is 5.56. The molecule has 0 spiro atoms. The summed E-state index contributed by atoms with van der Waals surface area (Å²) in [6.07, 6.45) is 0. The molecule has 0 saturated heterocycles. The fourth-order valence-electron chi connectivity index (χ4n) is 2.76. The summed E-state index contributed by atoms with van der Waals surface area (Å²) < 4.78 is 10.7. The Morgan fingerprint density at radius 2 is 1.65 bits per heavy atom. The highest BCUT2D eigenvalue weighted by Crippen LogP contribution is 2.24. The van der Waals surface area contributed by atoms with Gasteiger partial charge in [0.15, 0.2) is 0 Å². The normalized spacial score (nSPS) is 12.2. The number of aryl methyl sites for hydroxylation is 1. The Hall–Kier alpha value is -3.25. The van der Waals surface area contributed by atoms with Gasteiger partial charge in [-0.2, -0.15) is 4.98 Å². The van der Waals surface area contributed by atoms with Crippen LogP contribution in [0.5, 0.6) is 0 Å². The van der Waals surface area contributed by atoms with Gasteiger partial charge < -0.3 is 9.05 Å². The summed E-state index contributed by atoms with van der Waals surface area (Å²) in [5, 5.41) is 11.6. The molecule has 26 heavy (non-hydrogen) atoms. The second-order valence-electron chi connectivity index (χ2n) is 5.98. The van der Waals surface area contributed by atoms with E-state index in [2.05, 4.69) is 20.6 Å². The van der Waals surface area contributed by atoms with Crippen LogP contribution in [0.1, 0.15) is 29.0 Å². The summed E-state index contributed by atoms with van der Waals surface area (Å²) in [5.41, 5.74) is 2.78. The lowest BCUT2D eigenvalue weighted by Crippen LogP contribution is -2.22. The van der Waals surface area contributed by atoms with Crippen molar-refractivity contribution >= 4 is 0 Å². The van der Waals surface area contributed by atoms with Gasteiger partial charge in [-0.25, -0.2) is 0 Å². The molecular formula is C20H18N4O2. The minimum absolute atomic E-state index is 0.238. The molecule has 0 amide bonds. The molecule has 2 aromatic heterocycles. The molecule has 130 valence electrons. The summed E-state index contributed by atoms with van der Waals surface area (Å²) >= 11 is 0. The van der Waals surface area contributed by atoms with Crippen LogP contribution in [0, 0.1) is 6.92 Å². The summed E-state index contributed by atoms with van der Waals surface area (Å²) in [6.45, 7) is 2.40. The Morgan fingerprint density at radius 1 is 0.923 bits per heavy atom. The topological polar surface area (TPSA) is 77.0 Å². The van der Waals surface area contributed by atoms with Gasteiger partial charge in [-0.05, 0) is 12.5 Å². The first kappa shape index (κ1) is 16.2. The maximum absolute atomic E-state index is 5.56. The van der Waals surface area contributed by atoms with Crippen LogP contribution in [0.2, 0.25) is 0 Å². The molecule has 1 atom stereocenters. The van der Waals surface area contributed by atoms with E-state index in [0.717, 1.165) is 22.6 Å². The second kappa shape index (κ2) is 7.33. The summed E-state index contributed by atoms with van der Waals surface area (Å²) in [4.78, 5) is 4.59. The quantitative estimate of drug-likeness (QED) is 0.570. The number of benzene rings is 2. The lowest BCUT2D eigenvalue weighted by molar-refractivity contribution is 0.344. The van der Waals surface area contributed by atoms with Crippen LogP contribution < -0.4 is 5.32 Å². The zero-order chi connectivity index (χ0) is 17.8. The SMILES string of the molecule is Cc1cc(CN[C@H](c2ccccc2)c2nc(-c3ccccc3)no2)no1. The standard InChI is InChI=1S/C20H18N4O2/c1-14-12-17(23-25-14)13-21-18(15-8-4-2-5-9-15)20-22-19(24-26-20)16-10-6-3-7-11-16/h2-12,18,21H,13H2,1H3/t18-/m1/s1. The number of aromatic nitrogens is 3. The second-order valence-corrected chi connectivity index (χ2v) is 5.98. The Morgan fingerprint density at radius 3 is 2.35 bits per heavy atom. The lowest BCUT2D eigenvalue weighted by Gasteiger charge is -2.14. The van der Waals surface area contributed by atoms with Crippen LogP contribution in [0.15, 0.2) is 75.8 Å². The third-order valence-electron chi connectivity index (χ3n) is 4.02. The molecule has 4 aromatic rings. The zero-order valence-electron chi connectivity index (χ0n) is 14.3. The molecule has 2 aromatic carbocycles. The Labute approximate surface area is 150 Å². The molecule has 1 N–H and O–H groups in total. The molecule has 0 fully saturated rings. The lowest BCUT2D eigenvalue weighted by atomic mass is 10.1. The fourth-order valence-corrected chi connectivity index (χ4v) is 2.76. The largest absolute Gasteiger partial charge is 0.361 e. The predicted molar refractivity (Wildman–Crippen MR) is 96.1 cm³/mol. The van der Waals surface area contributed by atoms with E-state index in [0.29, 0.717) is 18.3 Å². The van der Waals surface area contributed by atoms with Gasteiger partial charge in [0.25, 0.3) is 0 Å². The van der Waals surface area contributed by atoms with E-state index in [-0.39, 0.29) is 6.04 Å². The highest BCUT2D eigenvalue weighted by Gasteiger charge is 2.21. The van der Waals surface area contributed by atoms with Crippen LogP contribution >= 0.6 is 0 Å². The summed E-state index contributed by atoms with van der Waals surface area (Å²) in [5.74, 6) is 1.86. The van der Waals surface area contributed by atoms with Crippen molar-refractivity contribution in [3.63, 3.8) is 0 Å². The molecule has 0 unspecified atom stereocenters. The zero-order valence-corrected chi connectivity index (χ0v) is 14.3. The average molecular weight is 346 g/mol. The van der Waals surface area contributed by atoms with Gasteiger partial charge in [-0.3, -0.25) is 5.32 Å². The molecule has 0 aliphatic heterocycles. The third kappa shape index (κ3) is 3.55. The van der Waals surface area contributed by atoms with Crippen LogP contribution in [-0.4, -0.2) is 15.3 Å². The Bertz CT molecular complexity index is 964. The monoisotopic (exact) mass is 346 g/mol. The van der Waals surface area contributed by atoms with Crippen molar-refractivity contribution in [3.8, 4) is 11.4 Å². The van der Waals surface area contributed by atoms with E-state index < -0.39 is 0 Å². The Balaban J connectivity index is 1.61. The first-order valence-electron chi connectivity index (χ1n) is 8.39. The van der Waals surface area contributed by atoms with E-state index in [1.165, 1.54) is 0 Å². The van der Waals surface area contributed by atoms with Gasteiger partial charge in [-0.1, -0.05) is 71.0 Å². The first-order chi connectivity index (χ1) is 12.8. The van der Waals surface area contributed by atoms with Crippen molar-refractivity contribution in [2.75, 3.05) is 0 Å². The van der Waals surface area contributed by atoms with Crippen molar-refractivity contribution in [3.05, 3.63) is 89.6 Å². The van der Waals surface area contributed by atoms with Crippen molar-refractivity contribution in [1.82, 2.24) is 20.6 Å². The smallest absolute Gasteiger partial charge is 0.248 e. The third-order valence-corrected chi connectivity index (χ3v) is 4.02. The molecular weight excluding hydrogens is 328 g/mol. The minimum atomic E-state index is -0.238. The molecule has 0 radical (unpaired) electrons. The maximum Gasteiger partial charge on any atom is 0.248 e. The molecule has 0 aliphatic carbocycles. The van der Waals surface area contributed by atoms with E-state index in [1.807, 2.05) is 73.7 Å². The summed E-state index contributed by atoms with van der Waals surface area (Å²) in [7, 11) is 0. The van der Waals surface area contributed by atoms with Crippen LogP contribution in [-0.2, 0) is 6.54 Å². The Kier molecular flexibility index (Phi) is 4.57. The number of rotatable bonds is 6. The summed E-state index contributed by atoms with van der Waals surface area (Å²) in [6, 6.07) is 21.4. The molecule has 4 rings (SSSR count). The van der Waals surface area contributed by atoms with Crippen LogP contribution in [0.3, 0.4) is 0 Å².